The SMILES string of the molecule is CC(=O)Oc1c(Cl)cc(Cl)cc1/C=C/c1ccc2c(Cl)cc(Cl)c(O)c2n1. The van der Waals surface area contributed by atoms with Crippen molar-refractivity contribution in [2.75, 3.05) is 0 Å². The Morgan fingerprint density at radius 1 is 1.04 bits per heavy atom. The average Bonchev–Trinajstić information content (AvgIpc) is 2.60. The molecule has 0 amide bonds. The highest BCUT2D eigenvalue weighted by Crippen LogP contribution is 2.37. The fourth-order valence-corrected chi connectivity index (χ4v) is 3.51. The maximum absolute atomic E-state index is 11.3. The molecule has 4 nitrogen and oxygen atoms in total. The van der Waals surface area contributed by atoms with Gasteiger partial charge in [0.25, 0.3) is 0 Å². The number of fused-ring (bicyclic) bond motifs is 1. The zero-order valence-electron chi connectivity index (χ0n) is 13.8. The van der Waals surface area contributed by atoms with E-state index in [9.17, 15) is 9.90 Å². The summed E-state index contributed by atoms with van der Waals surface area (Å²) in [6, 6.07) is 7.98. The quantitative estimate of drug-likeness (QED) is 0.364. The lowest BCUT2D eigenvalue weighted by atomic mass is 10.1. The van der Waals surface area contributed by atoms with Crippen LogP contribution in [0, 0.1) is 0 Å². The van der Waals surface area contributed by atoms with Gasteiger partial charge in [-0.2, -0.15) is 0 Å². The van der Waals surface area contributed by atoms with Crippen LogP contribution in [0.3, 0.4) is 0 Å². The van der Waals surface area contributed by atoms with Crippen LogP contribution >= 0.6 is 46.4 Å². The number of carbonyl (C=O) groups excluding carboxylic acids is 1. The maximum atomic E-state index is 11.3. The Kier molecular flexibility index (Phi) is 5.82. The Bertz CT molecular complexity index is 1100. The summed E-state index contributed by atoms with van der Waals surface area (Å²) in [6.07, 6.45) is 3.30. The maximum Gasteiger partial charge on any atom is 0.308 e. The van der Waals surface area contributed by atoms with E-state index in [1.54, 1.807) is 30.4 Å². The molecule has 3 rings (SSSR count). The smallest absolute Gasteiger partial charge is 0.308 e. The molecule has 0 aliphatic heterocycles. The summed E-state index contributed by atoms with van der Waals surface area (Å²) in [5.41, 5.74) is 1.29. The van der Waals surface area contributed by atoms with E-state index >= 15 is 0 Å². The molecule has 0 saturated carbocycles. The third kappa shape index (κ3) is 4.30. The van der Waals surface area contributed by atoms with Gasteiger partial charge in [-0.05, 0) is 42.5 Å². The molecule has 0 saturated heterocycles. The van der Waals surface area contributed by atoms with E-state index < -0.39 is 5.97 Å². The van der Waals surface area contributed by atoms with Crippen molar-refractivity contribution in [2.45, 2.75) is 6.92 Å². The van der Waals surface area contributed by atoms with Gasteiger partial charge in [-0.1, -0.05) is 46.4 Å². The fraction of sp³-hybridized carbons (Fsp3) is 0.0526. The first-order valence-corrected chi connectivity index (χ1v) is 9.10. The second-order valence-corrected chi connectivity index (χ2v) is 7.21. The number of carbonyl (C=O) groups is 1. The van der Waals surface area contributed by atoms with Crippen LogP contribution in [0.2, 0.25) is 20.1 Å². The zero-order chi connectivity index (χ0) is 19.7. The first kappa shape index (κ1) is 19.8. The molecule has 0 bridgehead atoms. The molecule has 0 spiro atoms. The Hall–Kier alpha value is -1.98. The molecule has 1 heterocycles. The first-order valence-electron chi connectivity index (χ1n) is 7.59. The van der Waals surface area contributed by atoms with Gasteiger partial charge in [0.1, 0.15) is 5.52 Å². The fourth-order valence-electron chi connectivity index (χ4n) is 2.44. The van der Waals surface area contributed by atoms with E-state index in [4.69, 9.17) is 51.1 Å². The van der Waals surface area contributed by atoms with E-state index in [-0.39, 0.29) is 27.1 Å². The number of rotatable bonds is 3. The molecule has 1 N–H and O–H groups in total. The van der Waals surface area contributed by atoms with Gasteiger partial charge in [0.15, 0.2) is 11.5 Å². The van der Waals surface area contributed by atoms with Crippen LogP contribution in [0.1, 0.15) is 18.2 Å². The first-order chi connectivity index (χ1) is 12.8. The van der Waals surface area contributed by atoms with Gasteiger partial charge in [0, 0.05) is 22.9 Å². The van der Waals surface area contributed by atoms with Crippen LogP contribution in [-0.4, -0.2) is 16.1 Å². The second kappa shape index (κ2) is 7.95. The van der Waals surface area contributed by atoms with Crippen LogP contribution in [0.5, 0.6) is 11.5 Å². The number of hydrogen-bond acceptors (Lipinski definition) is 4. The molecule has 0 radical (unpaired) electrons. The van der Waals surface area contributed by atoms with Crippen molar-refractivity contribution in [1.29, 1.82) is 0 Å². The molecule has 27 heavy (non-hydrogen) atoms. The number of nitrogens with zero attached hydrogens (tertiary/aromatic N) is 1. The Labute approximate surface area is 174 Å². The zero-order valence-corrected chi connectivity index (χ0v) is 16.8. The van der Waals surface area contributed by atoms with E-state index in [1.807, 2.05) is 0 Å². The summed E-state index contributed by atoms with van der Waals surface area (Å²) >= 11 is 24.2. The predicted octanol–water partition coefficient (Wildman–Crippen LogP) is 6.65. The van der Waals surface area contributed by atoms with Crippen LogP contribution < -0.4 is 4.74 Å². The molecule has 0 atom stereocenters. The van der Waals surface area contributed by atoms with Gasteiger partial charge in [-0.15, -0.1) is 0 Å². The number of hydrogen-bond donors (Lipinski definition) is 1. The van der Waals surface area contributed by atoms with Crippen molar-refractivity contribution >= 4 is 75.4 Å². The van der Waals surface area contributed by atoms with Crippen molar-refractivity contribution in [3.8, 4) is 11.5 Å². The number of pyridine rings is 1. The lowest BCUT2D eigenvalue weighted by Crippen LogP contribution is -2.03. The van der Waals surface area contributed by atoms with Crippen molar-refractivity contribution < 1.29 is 14.6 Å². The average molecular weight is 443 g/mol. The van der Waals surface area contributed by atoms with Crippen LogP contribution in [0.15, 0.2) is 30.3 Å². The molecule has 8 heteroatoms. The molecule has 1 aromatic heterocycles. The van der Waals surface area contributed by atoms with Crippen molar-refractivity contribution in [3.63, 3.8) is 0 Å². The number of phenols is 1. The number of phenolic OH excluding ortho intramolecular Hbond substituents is 1. The Morgan fingerprint density at radius 3 is 2.48 bits per heavy atom. The predicted molar refractivity (Wildman–Crippen MR) is 110 cm³/mol. The highest BCUT2D eigenvalue weighted by atomic mass is 35.5. The minimum atomic E-state index is -0.507. The Balaban J connectivity index is 2.06. The monoisotopic (exact) mass is 441 g/mol. The molecule has 0 aliphatic rings. The van der Waals surface area contributed by atoms with Gasteiger partial charge in [0.05, 0.1) is 20.8 Å². The lowest BCUT2D eigenvalue weighted by Gasteiger charge is -2.09. The molecular formula is C19H11Cl4NO3. The van der Waals surface area contributed by atoms with Gasteiger partial charge in [0.2, 0.25) is 0 Å². The van der Waals surface area contributed by atoms with Gasteiger partial charge in [-0.25, -0.2) is 4.98 Å². The highest BCUT2D eigenvalue weighted by molar-refractivity contribution is 6.39. The van der Waals surface area contributed by atoms with Crippen LogP contribution in [0.4, 0.5) is 0 Å². The number of aromatic hydroxyl groups is 1. The Morgan fingerprint density at radius 2 is 1.78 bits per heavy atom. The number of halogens is 4. The molecule has 138 valence electrons. The third-order valence-electron chi connectivity index (χ3n) is 3.59. The van der Waals surface area contributed by atoms with Crippen LogP contribution in [-0.2, 0) is 4.79 Å². The van der Waals surface area contributed by atoms with Crippen molar-refractivity contribution in [3.05, 3.63) is 61.7 Å². The molecule has 2 aromatic carbocycles. The normalized spacial score (nSPS) is 11.3. The van der Waals surface area contributed by atoms with Crippen molar-refractivity contribution in [1.82, 2.24) is 4.98 Å². The van der Waals surface area contributed by atoms with Crippen molar-refractivity contribution in [2.24, 2.45) is 0 Å². The highest BCUT2D eigenvalue weighted by Gasteiger charge is 2.13. The van der Waals surface area contributed by atoms with E-state index in [2.05, 4.69) is 4.98 Å². The van der Waals surface area contributed by atoms with Crippen LogP contribution in [0.25, 0.3) is 23.1 Å². The third-order valence-corrected chi connectivity index (χ3v) is 4.69. The lowest BCUT2D eigenvalue weighted by molar-refractivity contribution is -0.131. The van der Waals surface area contributed by atoms with Gasteiger partial charge in [-0.3, -0.25) is 4.79 Å². The summed E-state index contributed by atoms with van der Waals surface area (Å²) in [7, 11) is 0. The largest absolute Gasteiger partial charge is 0.504 e. The minimum Gasteiger partial charge on any atom is -0.504 e. The van der Waals surface area contributed by atoms with Gasteiger partial charge >= 0.3 is 5.97 Å². The molecule has 0 fully saturated rings. The summed E-state index contributed by atoms with van der Waals surface area (Å²) in [6.45, 7) is 1.28. The summed E-state index contributed by atoms with van der Waals surface area (Å²) in [4.78, 5) is 15.7. The van der Waals surface area contributed by atoms with E-state index in [0.717, 1.165) is 0 Å². The molecular weight excluding hydrogens is 432 g/mol. The molecule has 0 unspecified atom stereocenters. The molecule has 0 aliphatic carbocycles. The minimum absolute atomic E-state index is 0.111. The number of aromatic nitrogens is 1. The van der Waals surface area contributed by atoms with Gasteiger partial charge < -0.3 is 9.84 Å². The molecule has 3 aromatic rings. The standard InChI is InChI=1S/C19H11Cl4NO3/c1-9(25)27-19-10(6-11(20)7-16(19)23)2-3-12-4-5-13-14(21)8-15(22)18(26)17(13)24-12/h2-8,26H,1H3/b3-2+. The summed E-state index contributed by atoms with van der Waals surface area (Å²) in [5.74, 6) is -0.468. The van der Waals surface area contributed by atoms with E-state index in [0.29, 0.717) is 26.7 Å². The number of ether oxygens (including phenoxy) is 1. The van der Waals surface area contributed by atoms with E-state index in [1.165, 1.54) is 19.1 Å². The summed E-state index contributed by atoms with van der Waals surface area (Å²) in [5, 5.41) is 11.8. The second-order valence-electron chi connectivity index (χ2n) is 5.55. The summed E-state index contributed by atoms with van der Waals surface area (Å²) < 4.78 is 5.16. The number of benzene rings is 2. The topological polar surface area (TPSA) is 59.4 Å². The number of esters is 1.